The number of alkyl halides is 1. The number of hydrogen-bond acceptors (Lipinski definition) is 4. The van der Waals surface area contributed by atoms with Crippen molar-refractivity contribution in [2.45, 2.75) is 17.2 Å². The van der Waals surface area contributed by atoms with Crippen molar-refractivity contribution in [2.24, 2.45) is 0 Å². The van der Waals surface area contributed by atoms with E-state index in [2.05, 4.69) is 9.97 Å². The minimum atomic E-state index is 0.295. The van der Waals surface area contributed by atoms with Gasteiger partial charge in [-0.05, 0) is 0 Å². The van der Waals surface area contributed by atoms with Crippen LogP contribution in [0.3, 0.4) is 0 Å². The van der Waals surface area contributed by atoms with E-state index in [4.69, 9.17) is 16.9 Å². The number of nitriles is 1. The first-order chi connectivity index (χ1) is 6.26. The molecule has 1 rings (SSSR count). The molecule has 0 spiro atoms. The molecule has 0 N–H and O–H groups in total. The molecule has 13 heavy (non-hydrogen) atoms. The summed E-state index contributed by atoms with van der Waals surface area (Å²) in [5, 5.41) is 9.66. The number of hydrogen-bond donors (Lipinski definition) is 0. The van der Waals surface area contributed by atoms with Gasteiger partial charge in [0.25, 0.3) is 0 Å². The maximum absolute atomic E-state index is 8.58. The summed E-state index contributed by atoms with van der Waals surface area (Å²) in [7, 11) is 0. The maximum atomic E-state index is 8.58. The van der Waals surface area contributed by atoms with Crippen LogP contribution in [-0.4, -0.2) is 21.1 Å². The van der Waals surface area contributed by atoms with Crippen molar-refractivity contribution in [3.63, 3.8) is 0 Å². The smallest absolute Gasteiger partial charge is 0.144 e. The second-order valence-electron chi connectivity index (χ2n) is 2.44. The Bertz CT molecular complexity index is 323. The minimum absolute atomic E-state index is 0.295. The van der Waals surface area contributed by atoms with E-state index in [0.717, 1.165) is 5.03 Å². The number of thioether (sulfide) groups is 1. The highest BCUT2D eigenvalue weighted by Crippen LogP contribution is 2.21. The molecule has 0 bridgehead atoms. The molecular formula is C8H8ClN3S. The van der Waals surface area contributed by atoms with Crippen LogP contribution in [0.25, 0.3) is 0 Å². The SMILES string of the molecule is CC(CCl)Sc1cc(C#N)ncn1. The summed E-state index contributed by atoms with van der Waals surface area (Å²) in [6, 6.07) is 3.62. The van der Waals surface area contributed by atoms with Crippen molar-refractivity contribution >= 4 is 23.4 Å². The molecule has 1 atom stereocenters. The van der Waals surface area contributed by atoms with E-state index >= 15 is 0 Å². The largest absolute Gasteiger partial charge is 0.230 e. The van der Waals surface area contributed by atoms with Gasteiger partial charge < -0.3 is 0 Å². The van der Waals surface area contributed by atoms with Crippen LogP contribution in [0.5, 0.6) is 0 Å². The predicted molar refractivity (Wildman–Crippen MR) is 52.8 cm³/mol. The normalized spacial score (nSPS) is 12.1. The summed E-state index contributed by atoms with van der Waals surface area (Å²) in [4.78, 5) is 7.79. The second kappa shape index (κ2) is 5.05. The lowest BCUT2D eigenvalue weighted by atomic mass is 10.4. The van der Waals surface area contributed by atoms with E-state index in [0.29, 0.717) is 16.8 Å². The van der Waals surface area contributed by atoms with Crippen LogP contribution in [0, 0.1) is 11.3 Å². The standard InChI is InChI=1S/C8H8ClN3S/c1-6(3-9)13-8-2-7(4-10)11-5-12-8/h2,5-6H,3H2,1H3. The van der Waals surface area contributed by atoms with Crippen LogP contribution in [0.4, 0.5) is 0 Å². The van der Waals surface area contributed by atoms with E-state index in [9.17, 15) is 0 Å². The van der Waals surface area contributed by atoms with Crippen molar-refractivity contribution in [3.8, 4) is 6.07 Å². The summed E-state index contributed by atoms with van der Waals surface area (Å²) >= 11 is 7.19. The van der Waals surface area contributed by atoms with Gasteiger partial charge in [-0.2, -0.15) is 5.26 Å². The molecule has 0 aliphatic heterocycles. The number of halogens is 1. The van der Waals surface area contributed by atoms with Crippen LogP contribution in [0.2, 0.25) is 0 Å². The summed E-state index contributed by atoms with van der Waals surface area (Å²) in [6.07, 6.45) is 1.39. The summed E-state index contributed by atoms with van der Waals surface area (Å²) in [6.45, 7) is 2.01. The third-order valence-corrected chi connectivity index (χ3v) is 2.98. The Labute approximate surface area is 86.1 Å². The Balaban J connectivity index is 2.73. The van der Waals surface area contributed by atoms with Gasteiger partial charge >= 0.3 is 0 Å². The van der Waals surface area contributed by atoms with Crippen LogP contribution < -0.4 is 0 Å². The molecule has 0 saturated heterocycles. The zero-order valence-electron chi connectivity index (χ0n) is 7.07. The van der Waals surface area contributed by atoms with Crippen molar-refractivity contribution in [1.29, 1.82) is 5.26 Å². The Kier molecular flexibility index (Phi) is 4.00. The van der Waals surface area contributed by atoms with E-state index in [1.807, 2.05) is 13.0 Å². The van der Waals surface area contributed by atoms with Crippen molar-refractivity contribution in [1.82, 2.24) is 9.97 Å². The molecule has 0 radical (unpaired) electrons. The van der Waals surface area contributed by atoms with E-state index in [-0.39, 0.29) is 0 Å². The monoisotopic (exact) mass is 213 g/mol. The Hall–Kier alpha value is -0.790. The van der Waals surface area contributed by atoms with Gasteiger partial charge in [0.15, 0.2) is 0 Å². The molecule has 0 aliphatic rings. The number of aromatic nitrogens is 2. The highest BCUT2D eigenvalue weighted by molar-refractivity contribution is 7.99. The van der Waals surface area contributed by atoms with Crippen LogP contribution in [0.15, 0.2) is 17.4 Å². The quantitative estimate of drug-likeness (QED) is 0.438. The Morgan fingerprint density at radius 1 is 1.69 bits per heavy atom. The third kappa shape index (κ3) is 3.21. The van der Waals surface area contributed by atoms with Crippen LogP contribution >= 0.6 is 23.4 Å². The highest BCUT2D eigenvalue weighted by atomic mass is 35.5. The zero-order chi connectivity index (χ0) is 9.68. The lowest BCUT2D eigenvalue weighted by Crippen LogP contribution is -1.98. The predicted octanol–water partition coefficient (Wildman–Crippen LogP) is 2.07. The van der Waals surface area contributed by atoms with Gasteiger partial charge in [-0.15, -0.1) is 23.4 Å². The average Bonchev–Trinajstić information content (AvgIpc) is 2.18. The lowest BCUT2D eigenvalue weighted by molar-refractivity contribution is 1.02. The number of rotatable bonds is 3. The number of nitrogens with zero attached hydrogens (tertiary/aromatic N) is 3. The molecule has 68 valence electrons. The summed E-state index contributed by atoms with van der Waals surface area (Å²) < 4.78 is 0. The van der Waals surface area contributed by atoms with Gasteiger partial charge in [-0.3, -0.25) is 0 Å². The second-order valence-corrected chi connectivity index (χ2v) is 4.20. The third-order valence-electron chi connectivity index (χ3n) is 1.30. The molecule has 1 aromatic rings. The lowest BCUT2D eigenvalue weighted by Gasteiger charge is -2.04. The average molecular weight is 214 g/mol. The maximum Gasteiger partial charge on any atom is 0.144 e. The van der Waals surface area contributed by atoms with Gasteiger partial charge in [0.1, 0.15) is 23.1 Å². The first kappa shape index (κ1) is 10.3. The highest BCUT2D eigenvalue weighted by Gasteiger charge is 2.04. The first-order valence-electron chi connectivity index (χ1n) is 3.71. The molecule has 0 aliphatic carbocycles. The van der Waals surface area contributed by atoms with Crippen molar-refractivity contribution in [3.05, 3.63) is 18.1 Å². The molecule has 1 heterocycles. The van der Waals surface area contributed by atoms with Gasteiger partial charge in [-0.25, -0.2) is 9.97 Å². The fourth-order valence-corrected chi connectivity index (χ4v) is 1.65. The molecule has 1 unspecified atom stereocenters. The van der Waals surface area contributed by atoms with Crippen molar-refractivity contribution in [2.75, 3.05) is 5.88 Å². The molecule has 0 saturated carbocycles. The molecule has 0 aromatic carbocycles. The fraction of sp³-hybridized carbons (Fsp3) is 0.375. The molecule has 0 amide bonds. The van der Waals surface area contributed by atoms with E-state index < -0.39 is 0 Å². The van der Waals surface area contributed by atoms with Gasteiger partial charge in [0.2, 0.25) is 0 Å². The minimum Gasteiger partial charge on any atom is -0.230 e. The molecule has 5 heteroatoms. The van der Waals surface area contributed by atoms with Crippen LogP contribution in [0.1, 0.15) is 12.6 Å². The molecule has 3 nitrogen and oxygen atoms in total. The Morgan fingerprint density at radius 3 is 3.08 bits per heavy atom. The van der Waals surface area contributed by atoms with E-state index in [1.165, 1.54) is 18.1 Å². The first-order valence-corrected chi connectivity index (χ1v) is 5.12. The molecule has 1 aromatic heterocycles. The van der Waals surface area contributed by atoms with Crippen molar-refractivity contribution < 1.29 is 0 Å². The topological polar surface area (TPSA) is 49.6 Å². The summed E-state index contributed by atoms with van der Waals surface area (Å²) in [5.74, 6) is 0.566. The van der Waals surface area contributed by atoms with Crippen LogP contribution in [-0.2, 0) is 0 Å². The zero-order valence-corrected chi connectivity index (χ0v) is 8.64. The Morgan fingerprint density at radius 2 is 2.46 bits per heavy atom. The van der Waals surface area contributed by atoms with Gasteiger partial charge in [0, 0.05) is 17.2 Å². The van der Waals surface area contributed by atoms with Gasteiger partial charge in [-0.1, -0.05) is 6.92 Å². The van der Waals surface area contributed by atoms with E-state index in [1.54, 1.807) is 6.07 Å². The molecule has 0 fully saturated rings. The summed E-state index contributed by atoms with van der Waals surface area (Å²) in [5.41, 5.74) is 0.388. The fourth-order valence-electron chi connectivity index (χ4n) is 0.703. The van der Waals surface area contributed by atoms with Gasteiger partial charge in [0.05, 0.1) is 0 Å². The molecular weight excluding hydrogens is 206 g/mol.